The lowest BCUT2D eigenvalue weighted by Gasteiger charge is -2.25. The molecule has 0 fully saturated rings. The van der Waals surface area contributed by atoms with E-state index in [-0.39, 0.29) is 6.42 Å². The first-order valence-corrected chi connectivity index (χ1v) is 6.25. The van der Waals surface area contributed by atoms with E-state index >= 15 is 0 Å². The largest absolute Gasteiger partial charge is 0.481 e. The average molecular weight is 288 g/mol. The van der Waals surface area contributed by atoms with Crippen molar-refractivity contribution in [1.29, 1.82) is 0 Å². The predicted octanol–water partition coefficient (Wildman–Crippen LogP) is 1.11. The topological polar surface area (TPSA) is 129 Å². The summed E-state index contributed by atoms with van der Waals surface area (Å²) in [6, 6.07) is 0. The van der Waals surface area contributed by atoms with Gasteiger partial charge in [0.1, 0.15) is 5.78 Å². The predicted molar refractivity (Wildman–Crippen MR) is 68.1 cm³/mol. The number of hydrogen-bond acceptors (Lipinski definition) is 4. The van der Waals surface area contributed by atoms with Crippen molar-refractivity contribution in [2.24, 2.45) is 23.7 Å². The summed E-state index contributed by atoms with van der Waals surface area (Å²) < 4.78 is 0. The molecule has 0 bridgehead atoms. The van der Waals surface area contributed by atoms with Gasteiger partial charge in [-0.3, -0.25) is 19.2 Å². The molecule has 0 heterocycles. The van der Waals surface area contributed by atoms with Gasteiger partial charge >= 0.3 is 17.9 Å². The van der Waals surface area contributed by atoms with Crippen molar-refractivity contribution in [3.05, 3.63) is 0 Å². The molecule has 0 aliphatic heterocycles. The van der Waals surface area contributed by atoms with Crippen molar-refractivity contribution in [2.45, 2.75) is 33.6 Å². The van der Waals surface area contributed by atoms with Crippen LogP contribution in [0.3, 0.4) is 0 Å². The number of ketones is 1. The van der Waals surface area contributed by atoms with Gasteiger partial charge in [-0.2, -0.15) is 0 Å². The van der Waals surface area contributed by atoms with Gasteiger partial charge in [-0.05, 0) is 19.3 Å². The Kier molecular flexibility index (Phi) is 6.89. The van der Waals surface area contributed by atoms with E-state index in [1.807, 2.05) is 0 Å². The highest BCUT2D eigenvalue weighted by molar-refractivity contribution is 5.85. The van der Waals surface area contributed by atoms with E-state index in [0.29, 0.717) is 0 Å². The third-order valence-electron chi connectivity index (χ3n) is 3.29. The highest BCUT2D eigenvalue weighted by Gasteiger charge is 2.38. The molecule has 0 radical (unpaired) electrons. The van der Waals surface area contributed by atoms with Crippen molar-refractivity contribution in [3.63, 3.8) is 0 Å². The van der Waals surface area contributed by atoms with E-state index < -0.39 is 53.8 Å². The van der Waals surface area contributed by atoms with Crippen LogP contribution in [-0.2, 0) is 19.2 Å². The van der Waals surface area contributed by atoms with E-state index in [1.54, 1.807) is 13.8 Å². The minimum absolute atomic E-state index is 0.286. The maximum atomic E-state index is 11.4. The van der Waals surface area contributed by atoms with Gasteiger partial charge in [0.25, 0.3) is 0 Å². The van der Waals surface area contributed by atoms with Gasteiger partial charge in [-0.25, -0.2) is 0 Å². The molecular weight excluding hydrogens is 268 g/mol. The molecule has 0 aliphatic rings. The van der Waals surface area contributed by atoms with Crippen LogP contribution in [0.5, 0.6) is 0 Å². The Morgan fingerprint density at radius 2 is 1.45 bits per heavy atom. The van der Waals surface area contributed by atoms with Gasteiger partial charge in [0.15, 0.2) is 0 Å². The zero-order valence-electron chi connectivity index (χ0n) is 11.7. The molecule has 0 rings (SSSR count). The second-order valence-corrected chi connectivity index (χ2v) is 5.19. The van der Waals surface area contributed by atoms with Crippen LogP contribution < -0.4 is 0 Å². The SMILES string of the molecule is CC(=O)C(CC(=O)O)CC(C(=O)O)C(C(=O)O)C(C)C. The van der Waals surface area contributed by atoms with Crippen LogP contribution in [-0.4, -0.2) is 39.0 Å². The number of aliphatic carboxylic acids is 3. The molecule has 114 valence electrons. The van der Waals surface area contributed by atoms with Crippen molar-refractivity contribution < 1.29 is 34.5 Å². The molecule has 0 aromatic heterocycles. The molecule has 3 N–H and O–H groups in total. The van der Waals surface area contributed by atoms with Crippen molar-refractivity contribution in [2.75, 3.05) is 0 Å². The zero-order valence-corrected chi connectivity index (χ0v) is 11.7. The number of carbonyl (C=O) groups excluding carboxylic acids is 1. The molecular formula is C13H20O7. The fraction of sp³-hybridized carbons (Fsp3) is 0.692. The molecule has 0 aromatic carbocycles. The van der Waals surface area contributed by atoms with Crippen LogP contribution in [0, 0.1) is 23.7 Å². The van der Waals surface area contributed by atoms with Crippen LogP contribution >= 0.6 is 0 Å². The molecule has 0 aliphatic carbocycles. The summed E-state index contributed by atoms with van der Waals surface area (Å²) >= 11 is 0. The van der Waals surface area contributed by atoms with Gasteiger partial charge < -0.3 is 15.3 Å². The van der Waals surface area contributed by atoms with Crippen LogP contribution in [0.15, 0.2) is 0 Å². The highest BCUT2D eigenvalue weighted by atomic mass is 16.4. The molecule has 3 atom stereocenters. The van der Waals surface area contributed by atoms with Gasteiger partial charge in [0.05, 0.1) is 18.3 Å². The standard InChI is InChI=1S/C13H20O7/c1-6(2)11(13(19)20)9(12(17)18)4-8(7(3)14)5-10(15)16/h6,8-9,11H,4-5H2,1-3H3,(H,15,16)(H,17,18)(H,19,20). The summed E-state index contributed by atoms with van der Waals surface area (Å²) in [6.45, 7) is 4.33. The van der Waals surface area contributed by atoms with E-state index in [0.717, 1.165) is 0 Å². The Hall–Kier alpha value is -1.92. The first-order chi connectivity index (χ1) is 9.07. The third-order valence-corrected chi connectivity index (χ3v) is 3.29. The molecule has 20 heavy (non-hydrogen) atoms. The monoisotopic (exact) mass is 288 g/mol. The van der Waals surface area contributed by atoms with Crippen molar-refractivity contribution in [1.82, 2.24) is 0 Å². The second-order valence-electron chi connectivity index (χ2n) is 5.19. The molecule has 7 nitrogen and oxygen atoms in total. The quantitative estimate of drug-likeness (QED) is 0.579. The first kappa shape index (κ1) is 18.1. The normalized spacial score (nSPS) is 15.4. The lowest BCUT2D eigenvalue weighted by molar-refractivity contribution is -0.157. The number of rotatable bonds is 9. The Bertz CT molecular complexity index is 400. The Balaban J connectivity index is 5.26. The first-order valence-electron chi connectivity index (χ1n) is 6.25. The summed E-state index contributed by atoms with van der Waals surface area (Å²) in [5.74, 6) is -8.14. The number of carbonyl (C=O) groups is 4. The maximum Gasteiger partial charge on any atom is 0.307 e. The molecule has 0 saturated heterocycles. The molecule has 0 amide bonds. The van der Waals surface area contributed by atoms with Crippen LogP contribution in [0.1, 0.15) is 33.6 Å². The second kappa shape index (κ2) is 7.62. The Morgan fingerprint density at radius 1 is 0.950 bits per heavy atom. The smallest absolute Gasteiger partial charge is 0.307 e. The van der Waals surface area contributed by atoms with E-state index in [9.17, 15) is 24.3 Å². The molecule has 7 heteroatoms. The van der Waals surface area contributed by atoms with Gasteiger partial charge in [0.2, 0.25) is 0 Å². The molecule has 3 unspecified atom stereocenters. The summed E-state index contributed by atoms with van der Waals surface area (Å²) in [5.41, 5.74) is 0. The minimum Gasteiger partial charge on any atom is -0.481 e. The minimum atomic E-state index is -1.33. The molecule has 0 spiro atoms. The molecule has 0 aromatic rings. The summed E-state index contributed by atoms with van der Waals surface area (Å²) in [6.07, 6.45) is -0.782. The summed E-state index contributed by atoms with van der Waals surface area (Å²) in [5, 5.41) is 27.0. The summed E-state index contributed by atoms with van der Waals surface area (Å²) in [4.78, 5) is 44.6. The Labute approximate surface area is 116 Å². The van der Waals surface area contributed by atoms with Crippen LogP contribution in [0.2, 0.25) is 0 Å². The maximum absolute atomic E-state index is 11.4. The van der Waals surface area contributed by atoms with Crippen molar-refractivity contribution >= 4 is 23.7 Å². The average Bonchev–Trinajstić information content (AvgIpc) is 2.24. The van der Waals surface area contributed by atoms with Gasteiger partial charge in [0, 0.05) is 5.92 Å². The number of carboxylic acids is 3. The number of carboxylic acid groups (broad SMARTS) is 3. The lowest BCUT2D eigenvalue weighted by atomic mass is 9.77. The van der Waals surface area contributed by atoms with E-state index in [2.05, 4.69) is 0 Å². The van der Waals surface area contributed by atoms with Gasteiger partial charge in [-0.15, -0.1) is 0 Å². The fourth-order valence-electron chi connectivity index (χ4n) is 2.23. The van der Waals surface area contributed by atoms with Gasteiger partial charge in [-0.1, -0.05) is 13.8 Å². The number of hydrogen-bond donors (Lipinski definition) is 3. The van der Waals surface area contributed by atoms with Crippen LogP contribution in [0.4, 0.5) is 0 Å². The summed E-state index contributed by atoms with van der Waals surface area (Å²) in [7, 11) is 0. The number of Topliss-reactive ketones (excluding diaryl/α,β-unsaturated/α-hetero) is 1. The zero-order chi connectivity index (χ0) is 16.0. The Morgan fingerprint density at radius 3 is 1.70 bits per heavy atom. The van der Waals surface area contributed by atoms with Crippen molar-refractivity contribution in [3.8, 4) is 0 Å². The van der Waals surface area contributed by atoms with E-state index in [1.165, 1.54) is 6.92 Å². The highest BCUT2D eigenvalue weighted by Crippen LogP contribution is 2.29. The third kappa shape index (κ3) is 5.38. The van der Waals surface area contributed by atoms with E-state index in [4.69, 9.17) is 10.2 Å². The fourth-order valence-corrected chi connectivity index (χ4v) is 2.23. The molecule has 0 saturated carbocycles. The van der Waals surface area contributed by atoms with Crippen LogP contribution in [0.25, 0.3) is 0 Å². The lowest BCUT2D eigenvalue weighted by Crippen LogP contribution is -2.36.